The third kappa shape index (κ3) is 4.26. The molecular weight excluding hydrogens is 421 g/mol. The molecule has 3 heterocycles. The number of nitrogens with one attached hydrogen (secondary N) is 1. The molecule has 1 N–H and O–H groups in total. The molecule has 2 aromatic heterocycles. The minimum absolute atomic E-state index is 0.0122. The third-order valence-corrected chi connectivity index (χ3v) is 5.94. The largest absolute Gasteiger partial charge is 0.453 e. The summed E-state index contributed by atoms with van der Waals surface area (Å²) in [7, 11) is 0. The number of para-hydroxylation sites is 1. The molecule has 10 heteroatoms. The highest BCUT2D eigenvalue weighted by molar-refractivity contribution is 5.94. The van der Waals surface area contributed by atoms with Crippen LogP contribution in [0.1, 0.15) is 43.6 Å². The monoisotopic (exact) mass is 446 g/mol. The van der Waals surface area contributed by atoms with E-state index in [1.165, 1.54) is 6.07 Å². The number of aromatic nitrogens is 4. The standard InChI is InChI=1S/C22H25F3N6O/c1-3-14-6-5-7-15(4-2)19(14)26-20(32)16-10-12-30(13-11-16)18-9-8-17-27-28-21(22(23,24)25)31(17)29-18/h5-9,16H,3-4,10-13H2,1-2H3,(H,26,32). The van der Waals surface area contributed by atoms with Crippen molar-refractivity contribution in [2.24, 2.45) is 5.92 Å². The van der Waals surface area contributed by atoms with E-state index >= 15 is 0 Å². The molecule has 1 saturated heterocycles. The summed E-state index contributed by atoms with van der Waals surface area (Å²) in [5, 5.41) is 14.0. The van der Waals surface area contributed by atoms with Crippen LogP contribution in [0.5, 0.6) is 0 Å². The van der Waals surface area contributed by atoms with Crippen molar-refractivity contribution < 1.29 is 18.0 Å². The molecular formula is C22H25F3N6O. The fourth-order valence-corrected chi connectivity index (χ4v) is 4.12. The Kier molecular flexibility index (Phi) is 6.03. The number of amides is 1. The normalized spacial score (nSPS) is 15.3. The Morgan fingerprint density at radius 1 is 1.06 bits per heavy atom. The van der Waals surface area contributed by atoms with Crippen LogP contribution < -0.4 is 10.2 Å². The second kappa shape index (κ2) is 8.76. The zero-order chi connectivity index (χ0) is 22.9. The number of carbonyl (C=O) groups is 1. The van der Waals surface area contributed by atoms with Gasteiger partial charge in [0.1, 0.15) is 5.82 Å². The summed E-state index contributed by atoms with van der Waals surface area (Å²) in [5.41, 5.74) is 3.17. The van der Waals surface area contributed by atoms with Crippen molar-refractivity contribution in [2.75, 3.05) is 23.3 Å². The van der Waals surface area contributed by atoms with Gasteiger partial charge in [0.2, 0.25) is 5.91 Å². The first-order valence-corrected chi connectivity index (χ1v) is 10.8. The lowest BCUT2D eigenvalue weighted by Crippen LogP contribution is -2.39. The fraction of sp³-hybridized carbons (Fsp3) is 0.455. The third-order valence-electron chi connectivity index (χ3n) is 5.94. The molecule has 0 saturated carbocycles. The number of carbonyl (C=O) groups excluding carboxylic acids is 1. The predicted molar refractivity (Wildman–Crippen MR) is 115 cm³/mol. The number of benzene rings is 1. The zero-order valence-electron chi connectivity index (χ0n) is 18.0. The lowest BCUT2D eigenvalue weighted by molar-refractivity contribution is -0.146. The van der Waals surface area contributed by atoms with Crippen LogP contribution >= 0.6 is 0 Å². The molecule has 1 amide bonds. The molecule has 32 heavy (non-hydrogen) atoms. The highest BCUT2D eigenvalue weighted by atomic mass is 19.4. The molecule has 4 rings (SSSR count). The molecule has 0 radical (unpaired) electrons. The van der Waals surface area contributed by atoms with Gasteiger partial charge in [0.25, 0.3) is 5.82 Å². The second-order valence-electron chi connectivity index (χ2n) is 7.89. The van der Waals surface area contributed by atoms with Gasteiger partial charge < -0.3 is 10.2 Å². The fourth-order valence-electron chi connectivity index (χ4n) is 4.12. The summed E-state index contributed by atoms with van der Waals surface area (Å²) >= 11 is 0. The van der Waals surface area contributed by atoms with Crippen molar-refractivity contribution in [2.45, 2.75) is 45.7 Å². The highest BCUT2D eigenvalue weighted by Crippen LogP contribution is 2.29. The van der Waals surface area contributed by atoms with Gasteiger partial charge in [-0.3, -0.25) is 4.79 Å². The van der Waals surface area contributed by atoms with Crippen LogP contribution in [0.4, 0.5) is 24.7 Å². The average molecular weight is 446 g/mol. The molecule has 1 aromatic carbocycles. The zero-order valence-corrected chi connectivity index (χ0v) is 18.0. The topological polar surface area (TPSA) is 75.4 Å². The molecule has 0 unspecified atom stereocenters. The molecule has 7 nitrogen and oxygen atoms in total. The lowest BCUT2D eigenvalue weighted by Gasteiger charge is -2.32. The van der Waals surface area contributed by atoms with E-state index in [9.17, 15) is 18.0 Å². The molecule has 0 spiro atoms. The number of piperidine rings is 1. The number of alkyl halides is 3. The smallest absolute Gasteiger partial charge is 0.355 e. The van der Waals surface area contributed by atoms with Crippen molar-refractivity contribution in [1.29, 1.82) is 0 Å². The average Bonchev–Trinajstić information content (AvgIpc) is 3.23. The predicted octanol–water partition coefficient (Wildman–Crippen LogP) is 4.12. The number of hydrogen-bond donors (Lipinski definition) is 1. The van der Waals surface area contributed by atoms with Crippen molar-refractivity contribution >= 4 is 23.1 Å². The Morgan fingerprint density at radius 3 is 2.31 bits per heavy atom. The lowest BCUT2D eigenvalue weighted by atomic mass is 9.95. The maximum Gasteiger partial charge on any atom is 0.453 e. The van der Waals surface area contributed by atoms with E-state index in [4.69, 9.17) is 0 Å². The molecule has 3 aromatic rings. The van der Waals surface area contributed by atoms with Gasteiger partial charge in [-0.15, -0.1) is 15.3 Å². The highest BCUT2D eigenvalue weighted by Gasteiger charge is 2.38. The van der Waals surface area contributed by atoms with E-state index in [1.54, 1.807) is 6.07 Å². The van der Waals surface area contributed by atoms with Gasteiger partial charge in [-0.25, -0.2) is 0 Å². The second-order valence-corrected chi connectivity index (χ2v) is 7.89. The summed E-state index contributed by atoms with van der Waals surface area (Å²) in [5.74, 6) is -0.914. The molecule has 0 bridgehead atoms. The van der Waals surface area contributed by atoms with Gasteiger partial charge >= 0.3 is 6.18 Å². The first kappa shape index (κ1) is 22.0. The van der Waals surface area contributed by atoms with Crippen LogP contribution in [-0.4, -0.2) is 38.8 Å². The van der Waals surface area contributed by atoms with Crippen molar-refractivity contribution in [3.8, 4) is 0 Å². The summed E-state index contributed by atoms with van der Waals surface area (Å²) in [6, 6.07) is 9.17. The van der Waals surface area contributed by atoms with Crippen molar-refractivity contribution in [3.05, 3.63) is 47.3 Å². The Labute approximate surface area is 183 Å². The molecule has 1 fully saturated rings. The Bertz CT molecular complexity index is 1100. The summed E-state index contributed by atoms with van der Waals surface area (Å²) in [4.78, 5) is 14.8. The van der Waals surface area contributed by atoms with Gasteiger partial charge in [-0.1, -0.05) is 32.0 Å². The quantitative estimate of drug-likeness (QED) is 0.638. The summed E-state index contributed by atoms with van der Waals surface area (Å²) in [6.07, 6.45) is -1.79. The number of halogens is 3. The molecule has 0 atom stereocenters. The number of anilines is 2. The van der Waals surface area contributed by atoms with Gasteiger partial charge in [0.15, 0.2) is 5.65 Å². The molecule has 170 valence electrons. The number of nitrogens with zero attached hydrogens (tertiary/aromatic N) is 5. The Balaban J connectivity index is 1.45. The van der Waals surface area contributed by atoms with E-state index in [0.29, 0.717) is 31.7 Å². The summed E-state index contributed by atoms with van der Waals surface area (Å²) < 4.78 is 40.1. The van der Waals surface area contributed by atoms with Crippen LogP contribution in [-0.2, 0) is 23.8 Å². The molecule has 0 aliphatic carbocycles. The number of hydrogen-bond acceptors (Lipinski definition) is 5. The SMILES string of the molecule is CCc1cccc(CC)c1NC(=O)C1CCN(c2ccc3nnc(C(F)(F)F)n3n2)CC1. The molecule has 1 aliphatic rings. The van der Waals surface area contributed by atoms with Crippen LogP contribution in [0.2, 0.25) is 0 Å². The van der Waals surface area contributed by atoms with E-state index in [0.717, 1.165) is 34.2 Å². The van der Waals surface area contributed by atoms with E-state index < -0.39 is 12.0 Å². The number of aryl methyl sites for hydroxylation is 2. The minimum Gasteiger partial charge on any atom is -0.355 e. The van der Waals surface area contributed by atoms with Crippen molar-refractivity contribution in [1.82, 2.24) is 19.8 Å². The van der Waals surface area contributed by atoms with E-state index in [2.05, 4.69) is 34.5 Å². The first-order chi connectivity index (χ1) is 15.3. The number of rotatable bonds is 5. The van der Waals surface area contributed by atoms with Gasteiger partial charge in [0.05, 0.1) is 0 Å². The van der Waals surface area contributed by atoms with E-state index in [1.807, 2.05) is 23.1 Å². The van der Waals surface area contributed by atoms with E-state index in [-0.39, 0.29) is 17.5 Å². The Hall–Kier alpha value is -3.17. The van der Waals surface area contributed by atoms with Gasteiger partial charge in [-0.05, 0) is 48.9 Å². The minimum atomic E-state index is -4.64. The van der Waals surface area contributed by atoms with Gasteiger partial charge in [0, 0.05) is 24.7 Å². The van der Waals surface area contributed by atoms with Crippen LogP contribution in [0.3, 0.4) is 0 Å². The Morgan fingerprint density at radius 2 is 1.72 bits per heavy atom. The van der Waals surface area contributed by atoms with Crippen molar-refractivity contribution in [3.63, 3.8) is 0 Å². The van der Waals surface area contributed by atoms with Gasteiger partial charge in [-0.2, -0.15) is 17.7 Å². The maximum absolute atomic E-state index is 13.1. The maximum atomic E-state index is 13.1. The van der Waals surface area contributed by atoms with Crippen LogP contribution in [0, 0.1) is 5.92 Å². The number of fused-ring (bicyclic) bond motifs is 1. The molecule has 1 aliphatic heterocycles. The van der Waals surface area contributed by atoms with Crippen LogP contribution in [0.25, 0.3) is 5.65 Å². The first-order valence-electron chi connectivity index (χ1n) is 10.8. The summed E-state index contributed by atoms with van der Waals surface area (Å²) in [6.45, 7) is 5.17. The van der Waals surface area contributed by atoms with Crippen LogP contribution in [0.15, 0.2) is 30.3 Å².